The average molecular weight is 249 g/mol. The molecule has 4 nitrogen and oxygen atoms in total. The van der Waals surface area contributed by atoms with Gasteiger partial charge in [0.25, 0.3) is 0 Å². The fourth-order valence-corrected chi connectivity index (χ4v) is 2.45. The predicted octanol–water partition coefficient (Wildman–Crippen LogP) is 3.11. The second-order valence-electron chi connectivity index (χ2n) is 5.28. The molecule has 0 radical (unpaired) electrons. The molecule has 18 heavy (non-hydrogen) atoms. The molecular weight excluding hydrogens is 226 g/mol. The minimum Gasteiger partial charge on any atom is -0.473 e. The Bertz CT molecular complexity index is 383. The van der Waals surface area contributed by atoms with Gasteiger partial charge in [-0.05, 0) is 38.0 Å². The predicted molar refractivity (Wildman–Crippen MR) is 72.8 cm³/mol. The zero-order valence-electron chi connectivity index (χ0n) is 11.5. The molecule has 0 amide bonds. The minimum atomic E-state index is 0.294. The van der Waals surface area contributed by atoms with Gasteiger partial charge in [-0.15, -0.1) is 0 Å². The molecule has 0 spiro atoms. The molecule has 3 unspecified atom stereocenters. The molecule has 1 aromatic heterocycles. The molecule has 0 aromatic carbocycles. The third kappa shape index (κ3) is 3.34. The number of nitrogens with one attached hydrogen (secondary N) is 1. The number of aromatic nitrogens is 2. The van der Waals surface area contributed by atoms with Crippen molar-refractivity contribution in [3.05, 3.63) is 12.4 Å². The van der Waals surface area contributed by atoms with E-state index in [-0.39, 0.29) is 0 Å². The molecule has 4 heteroatoms. The average Bonchev–Trinajstić information content (AvgIpc) is 2.35. The van der Waals surface area contributed by atoms with Crippen LogP contribution in [0.2, 0.25) is 0 Å². The van der Waals surface area contributed by atoms with E-state index in [1.807, 2.05) is 6.92 Å². The third-order valence-corrected chi connectivity index (χ3v) is 3.81. The molecule has 2 rings (SSSR count). The summed E-state index contributed by atoms with van der Waals surface area (Å²) in [7, 11) is 0. The Kier molecular flexibility index (Phi) is 4.39. The van der Waals surface area contributed by atoms with Gasteiger partial charge in [-0.25, -0.2) is 0 Å². The molecule has 0 bridgehead atoms. The van der Waals surface area contributed by atoms with Gasteiger partial charge >= 0.3 is 0 Å². The van der Waals surface area contributed by atoms with Crippen LogP contribution in [0.3, 0.4) is 0 Å². The summed E-state index contributed by atoms with van der Waals surface area (Å²) < 4.78 is 5.95. The first-order chi connectivity index (χ1) is 8.69. The van der Waals surface area contributed by atoms with E-state index in [9.17, 15) is 0 Å². The number of hydrogen-bond donors (Lipinski definition) is 1. The summed E-state index contributed by atoms with van der Waals surface area (Å²) >= 11 is 0. The number of nitrogens with zero attached hydrogens (tertiary/aromatic N) is 2. The van der Waals surface area contributed by atoms with Crippen molar-refractivity contribution in [2.45, 2.75) is 46.1 Å². The summed E-state index contributed by atoms with van der Waals surface area (Å²) in [6.07, 6.45) is 7.20. The highest BCUT2D eigenvalue weighted by molar-refractivity contribution is 5.32. The van der Waals surface area contributed by atoms with E-state index in [0.29, 0.717) is 12.0 Å². The SMILES string of the molecule is CCNc1cncc(OC2CCC(C)C(C)C2)n1. The molecule has 1 saturated carbocycles. The molecule has 1 aliphatic rings. The lowest BCUT2D eigenvalue weighted by molar-refractivity contribution is 0.0962. The van der Waals surface area contributed by atoms with Gasteiger partial charge in [-0.1, -0.05) is 13.8 Å². The van der Waals surface area contributed by atoms with Crippen LogP contribution in [-0.4, -0.2) is 22.6 Å². The van der Waals surface area contributed by atoms with Crippen molar-refractivity contribution in [3.63, 3.8) is 0 Å². The largest absolute Gasteiger partial charge is 0.473 e. The number of ether oxygens (including phenoxy) is 1. The summed E-state index contributed by atoms with van der Waals surface area (Å²) in [6.45, 7) is 7.52. The van der Waals surface area contributed by atoms with E-state index in [2.05, 4.69) is 29.1 Å². The molecule has 0 aliphatic heterocycles. The van der Waals surface area contributed by atoms with Crippen LogP contribution < -0.4 is 10.1 Å². The van der Waals surface area contributed by atoms with Gasteiger partial charge in [0.05, 0.1) is 12.4 Å². The summed E-state index contributed by atoms with van der Waals surface area (Å²) in [5.41, 5.74) is 0. The van der Waals surface area contributed by atoms with E-state index in [1.54, 1.807) is 12.4 Å². The normalized spacial score (nSPS) is 27.8. The van der Waals surface area contributed by atoms with Gasteiger partial charge in [0.1, 0.15) is 11.9 Å². The number of anilines is 1. The lowest BCUT2D eigenvalue weighted by Crippen LogP contribution is -2.29. The summed E-state index contributed by atoms with van der Waals surface area (Å²) in [5.74, 6) is 2.96. The van der Waals surface area contributed by atoms with Crippen molar-refractivity contribution in [3.8, 4) is 5.88 Å². The van der Waals surface area contributed by atoms with Crippen LogP contribution in [0.1, 0.15) is 40.0 Å². The molecule has 1 fully saturated rings. The number of hydrogen-bond acceptors (Lipinski definition) is 4. The highest BCUT2D eigenvalue weighted by Crippen LogP contribution is 2.31. The zero-order valence-corrected chi connectivity index (χ0v) is 11.5. The van der Waals surface area contributed by atoms with Crippen molar-refractivity contribution in [2.24, 2.45) is 11.8 Å². The highest BCUT2D eigenvalue weighted by Gasteiger charge is 2.26. The quantitative estimate of drug-likeness (QED) is 0.890. The van der Waals surface area contributed by atoms with Crippen molar-refractivity contribution in [1.82, 2.24) is 9.97 Å². The summed E-state index contributed by atoms with van der Waals surface area (Å²) in [6, 6.07) is 0. The Morgan fingerprint density at radius 1 is 1.28 bits per heavy atom. The molecule has 0 saturated heterocycles. The Labute approximate surface area is 109 Å². The Hall–Kier alpha value is -1.32. The van der Waals surface area contributed by atoms with E-state index in [1.165, 1.54) is 6.42 Å². The Morgan fingerprint density at radius 3 is 2.83 bits per heavy atom. The van der Waals surface area contributed by atoms with Gasteiger partial charge < -0.3 is 10.1 Å². The first kappa shape index (κ1) is 13.1. The fraction of sp³-hybridized carbons (Fsp3) is 0.714. The third-order valence-electron chi connectivity index (χ3n) is 3.81. The summed E-state index contributed by atoms with van der Waals surface area (Å²) in [5, 5.41) is 3.15. The topological polar surface area (TPSA) is 47.0 Å². The van der Waals surface area contributed by atoms with Gasteiger partial charge in [0.2, 0.25) is 5.88 Å². The Morgan fingerprint density at radius 2 is 2.11 bits per heavy atom. The summed E-state index contributed by atoms with van der Waals surface area (Å²) in [4.78, 5) is 8.56. The second-order valence-corrected chi connectivity index (χ2v) is 5.28. The van der Waals surface area contributed by atoms with Crippen LogP contribution in [-0.2, 0) is 0 Å². The van der Waals surface area contributed by atoms with E-state index >= 15 is 0 Å². The molecule has 3 atom stereocenters. The van der Waals surface area contributed by atoms with Crippen LogP contribution in [0.5, 0.6) is 5.88 Å². The maximum absolute atomic E-state index is 5.95. The highest BCUT2D eigenvalue weighted by atomic mass is 16.5. The first-order valence-electron chi connectivity index (χ1n) is 6.91. The molecule has 100 valence electrons. The van der Waals surface area contributed by atoms with Gasteiger partial charge in [0.15, 0.2) is 0 Å². The first-order valence-corrected chi connectivity index (χ1v) is 6.91. The van der Waals surface area contributed by atoms with Crippen LogP contribution >= 0.6 is 0 Å². The maximum Gasteiger partial charge on any atom is 0.234 e. The fourth-order valence-electron chi connectivity index (χ4n) is 2.45. The van der Waals surface area contributed by atoms with Crippen molar-refractivity contribution in [2.75, 3.05) is 11.9 Å². The van der Waals surface area contributed by atoms with Crippen molar-refractivity contribution in [1.29, 1.82) is 0 Å². The lowest BCUT2D eigenvalue weighted by atomic mass is 9.80. The molecular formula is C14H23N3O. The second kappa shape index (κ2) is 6.03. The van der Waals surface area contributed by atoms with Crippen LogP contribution in [0.25, 0.3) is 0 Å². The van der Waals surface area contributed by atoms with Crippen LogP contribution in [0, 0.1) is 11.8 Å². The lowest BCUT2D eigenvalue weighted by Gasteiger charge is -2.31. The maximum atomic E-state index is 5.95. The molecule has 1 aromatic rings. The molecule has 1 aliphatic carbocycles. The smallest absolute Gasteiger partial charge is 0.234 e. The van der Waals surface area contributed by atoms with E-state index < -0.39 is 0 Å². The zero-order chi connectivity index (χ0) is 13.0. The number of rotatable bonds is 4. The Balaban J connectivity index is 1.94. The van der Waals surface area contributed by atoms with Crippen LogP contribution in [0.4, 0.5) is 5.82 Å². The molecule has 1 N–H and O–H groups in total. The standard InChI is InChI=1S/C14H23N3O/c1-4-16-13-8-15-9-14(17-13)18-12-6-5-10(2)11(3)7-12/h8-12H,4-7H2,1-3H3,(H,16,17). The van der Waals surface area contributed by atoms with Crippen LogP contribution in [0.15, 0.2) is 12.4 Å². The van der Waals surface area contributed by atoms with Gasteiger partial charge in [-0.3, -0.25) is 4.98 Å². The van der Waals surface area contributed by atoms with E-state index in [0.717, 1.165) is 37.0 Å². The minimum absolute atomic E-state index is 0.294. The van der Waals surface area contributed by atoms with Gasteiger partial charge in [-0.2, -0.15) is 4.98 Å². The van der Waals surface area contributed by atoms with Gasteiger partial charge in [0, 0.05) is 6.54 Å². The molecule has 1 heterocycles. The van der Waals surface area contributed by atoms with Crippen molar-refractivity contribution < 1.29 is 4.74 Å². The van der Waals surface area contributed by atoms with Crippen molar-refractivity contribution >= 4 is 5.82 Å². The monoisotopic (exact) mass is 249 g/mol. The van der Waals surface area contributed by atoms with E-state index in [4.69, 9.17) is 4.74 Å².